The molecular formula is C15H14N2O2S. The van der Waals surface area contributed by atoms with E-state index in [0.29, 0.717) is 11.1 Å². The van der Waals surface area contributed by atoms with Crippen LogP contribution in [0.25, 0.3) is 0 Å². The van der Waals surface area contributed by atoms with Crippen molar-refractivity contribution in [1.82, 2.24) is 0 Å². The Morgan fingerprint density at radius 3 is 2.60 bits per heavy atom. The van der Waals surface area contributed by atoms with Crippen LogP contribution in [-0.2, 0) is 15.6 Å². The second kappa shape index (κ2) is 5.35. The highest BCUT2D eigenvalue weighted by Gasteiger charge is 2.18. The molecule has 4 nitrogen and oxygen atoms in total. The molecule has 0 unspecified atom stereocenters. The van der Waals surface area contributed by atoms with Crippen LogP contribution in [0.15, 0.2) is 47.4 Å². The highest BCUT2D eigenvalue weighted by atomic mass is 32.2. The van der Waals surface area contributed by atoms with Gasteiger partial charge in [0.05, 0.1) is 28.0 Å². The molecule has 2 aromatic carbocycles. The van der Waals surface area contributed by atoms with E-state index in [0.717, 1.165) is 5.56 Å². The van der Waals surface area contributed by atoms with Crippen molar-refractivity contribution in [1.29, 1.82) is 5.26 Å². The number of hydrogen-bond acceptors (Lipinski definition) is 4. The molecule has 2 N–H and O–H groups in total. The Kier molecular flexibility index (Phi) is 3.77. The van der Waals surface area contributed by atoms with Crippen LogP contribution in [0, 0.1) is 18.3 Å². The largest absolute Gasteiger partial charge is 0.398 e. The van der Waals surface area contributed by atoms with Crippen molar-refractivity contribution in [3.63, 3.8) is 0 Å². The lowest BCUT2D eigenvalue weighted by Gasteiger charge is -2.08. The number of hydrogen-bond donors (Lipinski definition) is 1. The molecule has 0 fully saturated rings. The number of sulfone groups is 1. The molecule has 0 bridgehead atoms. The summed E-state index contributed by atoms with van der Waals surface area (Å²) in [5.41, 5.74) is 7.96. The van der Waals surface area contributed by atoms with Gasteiger partial charge in [0, 0.05) is 0 Å². The number of nitrogens with zero attached hydrogens (tertiary/aromatic N) is 1. The van der Waals surface area contributed by atoms with E-state index < -0.39 is 9.84 Å². The van der Waals surface area contributed by atoms with Crippen LogP contribution in [0.2, 0.25) is 0 Å². The van der Waals surface area contributed by atoms with Crippen molar-refractivity contribution >= 4 is 15.5 Å². The molecule has 0 amide bonds. The maximum Gasteiger partial charge on any atom is 0.184 e. The summed E-state index contributed by atoms with van der Waals surface area (Å²) in [6.07, 6.45) is 0. The predicted octanol–water partition coefficient (Wildman–Crippen LogP) is 2.42. The minimum Gasteiger partial charge on any atom is -0.398 e. The number of nitriles is 1. The Bertz CT molecular complexity index is 790. The third kappa shape index (κ3) is 2.98. The molecule has 2 rings (SSSR count). The van der Waals surface area contributed by atoms with Crippen molar-refractivity contribution in [3.8, 4) is 6.07 Å². The lowest BCUT2D eigenvalue weighted by atomic mass is 10.2. The average Bonchev–Trinajstić information content (AvgIpc) is 2.37. The number of rotatable bonds is 3. The van der Waals surface area contributed by atoms with Gasteiger partial charge in [0.1, 0.15) is 0 Å². The Morgan fingerprint density at radius 2 is 1.95 bits per heavy atom. The van der Waals surface area contributed by atoms with Crippen molar-refractivity contribution in [3.05, 3.63) is 59.2 Å². The molecule has 20 heavy (non-hydrogen) atoms. The van der Waals surface area contributed by atoms with Gasteiger partial charge in [-0.15, -0.1) is 0 Å². The van der Waals surface area contributed by atoms with Crippen LogP contribution in [-0.4, -0.2) is 8.42 Å². The van der Waals surface area contributed by atoms with Gasteiger partial charge < -0.3 is 5.73 Å². The number of benzene rings is 2. The molecule has 0 aliphatic rings. The van der Waals surface area contributed by atoms with Gasteiger partial charge in [-0.1, -0.05) is 18.2 Å². The van der Waals surface area contributed by atoms with E-state index in [1.165, 1.54) is 6.07 Å². The highest BCUT2D eigenvalue weighted by molar-refractivity contribution is 7.90. The molecule has 0 spiro atoms. The van der Waals surface area contributed by atoms with Gasteiger partial charge in [-0.25, -0.2) is 8.42 Å². The number of anilines is 1. The topological polar surface area (TPSA) is 84.0 Å². The SMILES string of the molecule is Cc1ccc(S(=O)(=O)Cc2cccc(C#N)c2)c(N)c1. The number of nitrogens with two attached hydrogens (primary N) is 1. The summed E-state index contributed by atoms with van der Waals surface area (Å²) in [6.45, 7) is 1.85. The molecule has 0 atom stereocenters. The monoisotopic (exact) mass is 286 g/mol. The van der Waals surface area contributed by atoms with Gasteiger partial charge in [0.15, 0.2) is 9.84 Å². The zero-order chi connectivity index (χ0) is 14.8. The van der Waals surface area contributed by atoms with Crippen molar-refractivity contribution < 1.29 is 8.42 Å². The molecule has 0 aliphatic carbocycles. The van der Waals surface area contributed by atoms with E-state index in [1.807, 2.05) is 13.0 Å². The van der Waals surface area contributed by atoms with Crippen LogP contribution in [0.5, 0.6) is 0 Å². The maximum atomic E-state index is 12.4. The third-order valence-corrected chi connectivity index (χ3v) is 4.67. The highest BCUT2D eigenvalue weighted by Crippen LogP contribution is 2.23. The first-order chi connectivity index (χ1) is 9.42. The fourth-order valence-electron chi connectivity index (χ4n) is 1.98. The van der Waals surface area contributed by atoms with Crippen LogP contribution >= 0.6 is 0 Å². The van der Waals surface area contributed by atoms with Crippen molar-refractivity contribution in [2.75, 3.05) is 5.73 Å². The summed E-state index contributed by atoms with van der Waals surface area (Å²) in [5.74, 6) is -0.171. The Labute approximate surface area is 118 Å². The second-order valence-corrected chi connectivity index (χ2v) is 6.57. The Hall–Kier alpha value is -2.32. The van der Waals surface area contributed by atoms with Gasteiger partial charge in [-0.05, 0) is 42.3 Å². The maximum absolute atomic E-state index is 12.4. The minimum absolute atomic E-state index is 0.130. The second-order valence-electron chi connectivity index (χ2n) is 4.61. The fraction of sp³-hybridized carbons (Fsp3) is 0.133. The molecule has 0 saturated carbocycles. The minimum atomic E-state index is -3.52. The van der Waals surface area contributed by atoms with Gasteiger partial charge in [-0.2, -0.15) is 5.26 Å². The predicted molar refractivity (Wildman–Crippen MR) is 77.6 cm³/mol. The molecular weight excluding hydrogens is 272 g/mol. The van der Waals surface area contributed by atoms with Gasteiger partial charge in [0.25, 0.3) is 0 Å². The molecule has 0 heterocycles. The lowest BCUT2D eigenvalue weighted by Crippen LogP contribution is -2.08. The quantitative estimate of drug-likeness (QED) is 0.878. The molecule has 0 aromatic heterocycles. The van der Waals surface area contributed by atoms with E-state index in [9.17, 15) is 8.42 Å². The summed E-state index contributed by atoms with van der Waals surface area (Å²) in [6, 6.07) is 13.4. The average molecular weight is 286 g/mol. The van der Waals surface area contributed by atoms with Crippen LogP contribution in [0.3, 0.4) is 0 Å². The fourth-order valence-corrected chi connectivity index (χ4v) is 3.45. The molecule has 0 aliphatic heterocycles. The van der Waals surface area contributed by atoms with E-state index in [2.05, 4.69) is 0 Å². The first-order valence-corrected chi connectivity index (χ1v) is 7.65. The smallest absolute Gasteiger partial charge is 0.184 e. The number of nitrogen functional groups attached to an aromatic ring is 1. The Balaban J connectivity index is 2.38. The summed E-state index contributed by atoms with van der Waals surface area (Å²) in [4.78, 5) is 0.130. The van der Waals surface area contributed by atoms with E-state index in [-0.39, 0.29) is 16.3 Å². The molecule has 2 aromatic rings. The van der Waals surface area contributed by atoms with Gasteiger partial charge in [0.2, 0.25) is 0 Å². The van der Waals surface area contributed by atoms with Crippen molar-refractivity contribution in [2.24, 2.45) is 0 Å². The number of aryl methyl sites for hydroxylation is 1. The van der Waals surface area contributed by atoms with E-state index >= 15 is 0 Å². The standard InChI is InChI=1S/C15H14N2O2S/c1-11-5-6-15(14(17)7-11)20(18,19)10-13-4-2-3-12(8-13)9-16/h2-8H,10,17H2,1H3. The summed E-state index contributed by atoms with van der Waals surface area (Å²) >= 11 is 0. The normalized spacial score (nSPS) is 11.0. The van der Waals surface area contributed by atoms with Gasteiger partial charge >= 0.3 is 0 Å². The zero-order valence-corrected chi connectivity index (χ0v) is 11.8. The lowest BCUT2D eigenvalue weighted by molar-refractivity contribution is 0.595. The van der Waals surface area contributed by atoms with Crippen LogP contribution in [0.1, 0.15) is 16.7 Å². The molecule has 102 valence electrons. The van der Waals surface area contributed by atoms with Crippen LogP contribution in [0.4, 0.5) is 5.69 Å². The summed E-state index contributed by atoms with van der Waals surface area (Å²) in [5, 5.41) is 8.83. The Morgan fingerprint density at radius 1 is 1.20 bits per heavy atom. The molecule has 0 saturated heterocycles. The van der Waals surface area contributed by atoms with Crippen molar-refractivity contribution in [2.45, 2.75) is 17.6 Å². The first kappa shape index (κ1) is 14.1. The molecule has 5 heteroatoms. The summed E-state index contributed by atoms with van der Waals surface area (Å²) in [7, 11) is -3.52. The van der Waals surface area contributed by atoms with E-state index in [1.54, 1.807) is 36.4 Å². The third-order valence-electron chi connectivity index (χ3n) is 2.91. The van der Waals surface area contributed by atoms with Gasteiger partial charge in [-0.3, -0.25) is 0 Å². The first-order valence-electron chi connectivity index (χ1n) is 6.00. The van der Waals surface area contributed by atoms with E-state index in [4.69, 9.17) is 11.0 Å². The molecule has 0 radical (unpaired) electrons. The summed E-state index contributed by atoms with van der Waals surface area (Å²) < 4.78 is 24.7. The zero-order valence-electron chi connectivity index (χ0n) is 11.0. The van der Waals surface area contributed by atoms with Crippen LogP contribution < -0.4 is 5.73 Å².